The molecular formula is C25H30N4O3. The lowest BCUT2D eigenvalue weighted by atomic mass is 9.88. The number of anilines is 1. The van der Waals surface area contributed by atoms with Gasteiger partial charge in [0.25, 0.3) is 5.91 Å². The Labute approximate surface area is 188 Å². The highest BCUT2D eigenvalue weighted by Crippen LogP contribution is 2.32. The average molecular weight is 435 g/mol. The summed E-state index contributed by atoms with van der Waals surface area (Å²) < 4.78 is 0. The van der Waals surface area contributed by atoms with Crippen molar-refractivity contribution in [3.05, 3.63) is 48.0 Å². The number of rotatable bonds is 3. The van der Waals surface area contributed by atoms with E-state index in [2.05, 4.69) is 4.90 Å². The smallest absolute Gasteiger partial charge is 0.252 e. The second-order valence-electron chi connectivity index (χ2n) is 9.49. The second-order valence-corrected chi connectivity index (χ2v) is 9.49. The summed E-state index contributed by atoms with van der Waals surface area (Å²) in [5.41, 5.74) is 1.99. The van der Waals surface area contributed by atoms with Crippen molar-refractivity contribution in [2.45, 2.75) is 33.8 Å². The van der Waals surface area contributed by atoms with Gasteiger partial charge in [0.1, 0.15) is 17.7 Å². The summed E-state index contributed by atoms with van der Waals surface area (Å²) in [7, 11) is 0. The molecule has 1 fully saturated rings. The predicted octanol–water partition coefficient (Wildman–Crippen LogP) is 3.37. The summed E-state index contributed by atoms with van der Waals surface area (Å²) in [5, 5.41) is 21.7. The van der Waals surface area contributed by atoms with E-state index >= 15 is 0 Å². The van der Waals surface area contributed by atoms with Gasteiger partial charge in [-0.2, -0.15) is 0 Å². The third kappa shape index (κ3) is 4.25. The number of carbonyl (C=O) groups is 1. The molecule has 1 aliphatic heterocycles. The van der Waals surface area contributed by atoms with Crippen molar-refractivity contribution in [2.24, 2.45) is 5.41 Å². The molecule has 2 aromatic carbocycles. The lowest BCUT2D eigenvalue weighted by Crippen LogP contribution is -2.53. The quantitative estimate of drug-likeness (QED) is 0.657. The number of nitrogens with zero attached hydrogens (tertiary/aromatic N) is 4. The molecular weight excluding hydrogens is 404 g/mol. The SMILES string of the molecule is Cc1ccc2c(N3CCN(C(=O)[C@@H](O)C(C)(C)C)CC3)nc(-c3ccccc3O)nc2c1. The van der Waals surface area contributed by atoms with Gasteiger partial charge in [0.15, 0.2) is 5.82 Å². The zero-order chi connectivity index (χ0) is 23.0. The number of aryl methyl sites for hydroxylation is 1. The summed E-state index contributed by atoms with van der Waals surface area (Å²) >= 11 is 0. The maximum Gasteiger partial charge on any atom is 0.252 e. The van der Waals surface area contributed by atoms with E-state index in [1.165, 1.54) is 0 Å². The Balaban J connectivity index is 1.66. The molecule has 2 heterocycles. The van der Waals surface area contributed by atoms with Gasteiger partial charge >= 0.3 is 0 Å². The first-order chi connectivity index (χ1) is 15.1. The monoisotopic (exact) mass is 434 g/mol. The minimum atomic E-state index is -1.02. The number of phenols is 1. The predicted molar refractivity (Wildman–Crippen MR) is 126 cm³/mol. The summed E-state index contributed by atoms with van der Waals surface area (Å²) in [6.45, 7) is 9.83. The molecule has 0 bridgehead atoms. The van der Waals surface area contributed by atoms with Gasteiger partial charge in [-0.05, 0) is 42.2 Å². The van der Waals surface area contributed by atoms with Crippen molar-refractivity contribution in [1.29, 1.82) is 0 Å². The number of carbonyl (C=O) groups excluding carboxylic acids is 1. The number of aliphatic hydroxyl groups excluding tert-OH is 1. The topological polar surface area (TPSA) is 89.8 Å². The molecule has 1 amide bonds. The molecule has 0 spiro atoms. The Hall–Kier alpha value is -3.19. The Morgan fingerprint density at radius 3 is 2.38 bits per heavy atom. The van der Waals surface area contributed by atoms with E-state index in [4.69, 9.17) is 9.97 Å². The Bertz CT molecular complexity index is 1150. The Morgan fingerprint density at radius 2 is 1.72 bits per heavy atom. The van der Waals surface area contributed by atoms with E-state index in [0.717, 1.165) is 22.3 Å². The van der Waals surface area contributed by atoms with Gasteiger partial charge in [0, 0.05) is 31.6 Å². The van der Waals surface area contributed by atoms with Gasteiger partial charge in [-0.25, -0.2) is 9.97 Å². The minimum Gasteiger partial charge on any atom is -0.507 e. The third-order valence-electron chi connectivity index (χ3n) is 5.92. The fourth-order valence-electron chi connectivity index (χ4n) is 3.93. The van der Waals surface area contributed by atoms with Crippen LogP contribution >= 0.6 is 0 Å². The highest BCUT2D eigenvalue weighted by Gasteiger charge is 2.34. The first-order valence-electron chi connectivity index (χ1n) is 10.9. The largest absolute Gasteiger partial charge is 0.507 e. The number of amides is 1. The van der Waals surface area contributed by atoms with Crippen LogP contribution in [0, 0.1) is 12.3 Å². The van der Waals surface area contributed by atoms with Crippen LogP contribution in [0.15, 0.2) is 42.5 Å². The number of aliphatic hydroxyl groups is 1. The maximum absolute atomic E-state index is 12.7. The standard InChI is InChI=1S/C25H30N4O3/c1-16-9-10-17-19(15-16)26-22(18-7-5-6-8-20(18)30)27-23(17)28-11-13-29(14-12-28)24(32)21(31)25(2,3)4/h5-10,15,21,30-31H,11-14H2,1-4H3/t21-/m1/s1. The van der Waals surface area contributed by atoms with Crippen LogP contribution in [0.2, 0.25) is 0 Å². The molecule has 1 saturated heterocycles. The van der Waals surface area contributed by atoms with Gasteiger partial charge < -0.3 is 20.0 Å². The van der Waals surface area contributed by atoms with Crippen LogP contribution in [0.1, 0.15) is 26.3 Å². The fourth-order valence-corrected chi connectivity index (χ4v) is 3.93. The normalized spacial score (nSPS) is 15.8. The molecule has 2 N–H and O–H groups in total. The van der Waals surface area contributed by atoms with E-state index in [-0.39, 0.29) is 11.7 Å². The van der Waals surface area contributed by atoms with Crippen LogP contribution in [0.4, 0.5) is 5.82 Å². The fraction of sp³-hybridized carbons (Fsp3) is 0.400. The second kappa shape index (κ2) is 8.39. The summed E-state index contributed by atoms with van der Waals surface area (Å²) in [5.74, 6) is 1.17. The molecule has 7 heteroatoms. The molecule has 0 aliphatic carbocycles. The van der Waals surface area contributed by atoms with Crippen molar-refractivity contribution in [3.63, 3.8) is 0 Å². The first kappa shape index (κ1) is 22.0. The van der Waals surface area contributed by atoms with Crippen LogP contribution in [0.5, 0.6) is 5.75 Å². The molecule has 3 aromatic rings. The van der Waals surface area contributed by atoms with Crippen LogP contribution in [0.3, 0.4) is 0 Å². The van der Waals surface area contributed by atoms with Gasteiger partial charge in [0.2, 0.25) is 0 Å². The zero-order valence-corrected chi connectivity index (χ0v) is 19.0. The Morgan fingerprint density at radius 1 is 1.03 bits per heavy atom. The van der Waals surface area contributed by atoms with E-state index in [9.17, 15) is 15.0 Å². The number of fused-ring (bicyclic) bond motifs is 1. The minimum absolute atomic E-state index is 0.136. The van der Waals surface area contributed by atoms with Crippen molar-refractivity contribution in [2.75, 3.05) is 31.1 Å². The van der Waals surface area contributed by atoms with Crippen molar-refractivity contribution >= 4 is 22.6 Å². The van der Waals surface area contributed by atoms with Crippen LogP contribution in [0.25, 0.3) is 22.3 Å². The van der Waals surface area contributed by atoms with Crippen molar-refractivity contribution < 1.29 is 15.0 Å². The molecule has 7 nitrogen and oxygen atoms in total. The van der Waals surface area contributed by atoms with Crippen LogP contribution < -0.4 is 4.90 Å². The molecule has 1 atom stereocenters. The summed E-state index contributed by atoms with van der Waals surface area (Å²) in [6, 6.07) is 13.1. The number of aromatic nitrogens is 2. The average Bonchev–Trinajstić information content (AvgIpc) is 2.77. The van der Waals surface area contributed by atoms with Gasteiger partial charge in [-0.1, -0.05) is 39.0 Å². The molecule has 0 radical (unpaired) electrons. The molecule has 1 aliphatic rings. The lowest BCUT2D eigenvalue weighted by molar-refractivity contribution is -0.146. The summed E-state index contributed by atoms with van der Waals surface area (Å²) in [6.07, 6.45) is -1.02. The van der Waals surface area contributed by atoms with E-state index < -0.39 is 11.5 Å². The van der Waals surface area contributed by atoms with Crippen molar-refractivity contribution in [1.82, 2.24) is 14.9 Å². The highest BCUT2D eigenvalue weighted by atomic mass is 16.3. The molecule has 168 valence electrons. The number of hydrogen-bond donors (Lipinski definition) is 2. The van der Waals surface area contributed by atoms with Gasteiger partial charge in [-0.15, -0.1) is 0 Å². The number of benzene rings is 2. The van der Waals surface area contributed by atoms with E-state index in [1.807, 2.05) is 52.0 Å². The molecule has 0 unspecified atom stereocenters. The lowest BCUT2D eigenvalue weighted by Gasteiger charge is -2.38. The Kier molecular flexibility index (Phi) is 5.77. The number of para-hydroxylation sites is 1. The highest BCUT2D eigenvalue weighted by molar-refractivity contribution is 5.92. The third-order valence-corrected chi connectivity index (χ3v) is 5.92. The molecule has 0 saturated carbocycles. The molecule has 32 heavy (non-hydrogen) atoms. The van der Waals surface area contributed by atoms with Crippen LogP contribution in [-0.4, -0.2) is 63.3 Å². The number of phenolic OH excluding ortho intramolecular Hbond substituents is 1. The van der Waals surface area contributed by atoms with E-state index in [1.54, 1.807) is 23.1 Å². The van der Waals surface area contributed by atoms with Crippen molar-refractivity contribution in [3.8, 4) is 17.1 Å². The summed E-state index contributed by atoms with van der Waals surface area (Å²) in [4.78, 5) is 26.1. The van der Waals surface area contributed by atoms with Crippen LogP contribution in [-0.2, 0) is 4.79 Å². The number of aromatic hydroxyl groups is 1. The first-order valence-corrected chi connectivity index (χ1v) is 10.9. The van der Waals surface area contributed by atoms with Gasteiger partial charge in [0.05, 0.1) is 11.1 Å². The number of hydrogen-bond acceptors (Lipinski definition) is 6. The molecule has 4 rings (SSSR count). The number of piperazine rings is 1. The van der Waals surface area contributed by atoms with E-state index in [0.29, 0.717) is 37.6 Å². The maximum atomic E-state index is 12.7. The molecule has 1 aromatic heterocycles. The zero-order valence-electron chi connectivity index (χ0n) is 19.0. The van der Waals surface area contributed by atoms with Gasteiger partial charge in [-0.3, -0.25) is 4.79 Å².